The van der Waals surface area contributed by atoms with E-state index >= 15 is 0 Å². The Kier molecular flexibility index (Phi) is 3.80. The molecular formula is C12H17ClN4O2. The Morgan fingerprint density at radius 3 is 2.74 bits per heavy atom. The van der Waals surface area contributed by atoms with Crippen LogP contribution in [-0.2, 0) is 28.9 Å². The number of nitrogens with zero attached hydrogens (tertiary/aromatic N) is 4. The maximum atomic E-state index is 11.8. The van der Waals surface area contributed by atoms with Crippen molar-refractivity contribution in [2.75, 3.05) is 7.11 Å². The third-order valence-electron chi connectivity index (χ3n) is 3.19. The summed E-state index contributed by atoms with van der Waals surface area (Å²) in [5.41, 5.74) is 2.50. The number of carbonyl (C=O) groups is 1. The quantitative estimate of drug-likeness (QED) is 0.634. The summed E-state index contributed by atoms with van der Waals surface area (Å²) in [6, 6.07) is -0.483. The fourth-order valence-corrected chi connectivity index (χ4v) is 2.45. The number of methoxy groups -OCH3 is 1. The summed E-state index contributed by atoms with van der Waals surface area (Å²) in [4.78, 5) is 16.3. The third kappa shape index (κ3) is 2.10. The highest BCUT2D eigenvalue weighted by molar-refractivity contribution is 6.16. The van der Waals surface area contributed by atoms with Crippen molar-refractivity contribution in [3.05, 3.63) is 11.5 Å². The van der Waals surface area contributed by atoms with Crippen LogP contribution in [0, 0.1) is 0 Å². The van der Waals surface area contributed by atoms with Crippen LogP contribution in [0.1, 0.15) is 31.4 Å². The molecule has 0 saturated heterocycles. The largest absolute Gasteiger partial charge is 0.467 e. The molecule has 7 heteroatoms. The van der Waals surface area contributed by atoms with Gasteiger partial charge in [0, 0.05) is 7.05 Å². The average molecular weight is 285 g/mol. The van der Waals surface area contributed by atoms with Crippen LogP contribution in [0.15, 0.2) is 0 Å². The number of halogens is 1. The molecule has 1 unspecified atom stereocenters. The van der Waals surface area contributed by atoms with Crippen molar-refractivity contribution in [2.24, 2.45) is 7.05 Å². The van der Waals surface area contributed by atoms with Crippen molar-refractivity contribution < 1.29 is 9.53 Å². The number of fused-ring (bicyclic) bond motifs is 1. The number of aryl methyl sites for hydroxylation is 2. The Labute approximate surface area is 116 Å². The Morgan fingerprint density at radius 2 is 2.21 bits per heavy atom. The van der Waals surface area contributed by atoms with Gasteiger partial charge in [0.15, 0.2) is 5.65 Å². The standard InChI is InChI=1S/C12H17ClN4O2/c1-5-8-10-11(16(3)15-8)17(9(6-13)14-10)7(2)12(18)19-4/h7H,5-6H2,1-4H3. The van der Waals surface area contributed by atoms with Gasteiger partial charge in [0.2, 0.25) is 0 Å². The topological polar surface area (TPSA) is 61.9 Å². The highest BCUT2D eigenvalue weighted by Crippen LogP contribution is 2.25. The summed E-state index contributed by atoms with van der Waals surface area (Å²) in [6.07, 6.45) is 0.780. The zero-order valence-corrected chi connectivity index (χ0v) is 12.2. The second-order valence-electron chi connectivity index (χ2n) is 4.33. The molecule has 104 valence electrons. The minimum Gasteiger partial charge on any atom is -0.467 e. The van der Waals surface area contributed by atoms with Crippen molar-refractivity contribution in [2.45, 2.75) is 32.2 Å². The Balaban J connectivity index is 2.70. The smallest absolute Gasteiger partial charge is 0.328 e. The van der Waals surface area contributed by atoms with Crippen LogP contribution in [0.3, 0.4) is 0 Å². The van der Waals surface area contributed by atoms with E-state index in [4.69, 9.17) is 16.3 Å². The Hall–Kier alpha value is -1.56. The highest BCUT2D eigenvalue weighted by Gasteiger charge is 2.25. The second-order valence-corrected chi connectivity index (χ2v) is 4.59. The van der Waals surface area contributed by atoms with Crippen LogP contribution in [0.2, 0.25) is 0 Å². The highest BCUT2D eigenvalue weighted by atomic mass is 35.5. The summed E-state index contributed by atoms with van der Waals surface area (Å²) >= 11 is 5.94. The molecule has 0 amide bonds. The number of imidazole rings is 1. The molecule has 1 atom stereocenters. The van der Waals surface area contributed by atoms with Gasteiger partial charge in [0.25, 0.3) is 0 Å². The fourth-order valence-electron chi connectivity index (χ4n) is 2.26. The van der Waals surface area contributed by atoms with Crippen LogP contribution >= 0.6 is 11.6 Å². The number of aromatic nitrogens is 4. The predicted octanol–water partition coefficient (Wildman–Crippen LogP) is 1.80. The molecule has 0 radical (unpaired) electrons. The van der Waals surface area contributed by atoms with Gasteiger partial charge in [0.05, 0.1) is 18.7 Å². The Bertz CT molecular complexity index is 617. The average Bonchev–Trinajstić information content (AvgIpc) is 2.94. The summed E-state index contributed by atoms with van der Waals surface area (Å²) in [6.45, 7) is 3.78. The molecule has 19 heavy (non-hydrogen) atoms. The minimum absolute atomic E-state index is 0.235. The number of hydrogen-bond donors (Lipinski definition) is 0. The van der Waals surface area contributed by atoms with Gasteiger partial charge in [-0.3, -0.25) is 9.25 Å². The summed E-state index contributed by atoms with van der Waals surface area (Å²) in [5.74, 6) is 0.557. The lowest BCUT2D eigenvalue weighted by atomic mass is 10.3. The van der Waals surface area contributed by atoms with Gasteiger partial charge < -0.3 is 4.74 Å². The van der Waals surface area contributed by atoms with Gasteiger partial charge in [-0.05, 0) is 13.3 Å². The van der Waals surface area contributed by atoms with Gasteiger partial charge in [-0.25, -0.2) is 9.78 Å². The lowest BCUT2D eigenvalue weighted by molar-refractivity contribution is -0.144. The van der Waals surface area contributed by atoms with E-state index in [-0.39, 0.29) is 11.8 Å². The van der Waals surface area contributed by atoms with E-state index in [2.05, 4.69) is 10.1 Å². The van der Waals surface area contributed by atoms with Gasteiger partial charge in [0.1, 0.15) is 17.4 Å². The van der Waals surface area contributed by atoms with E-state index in [1.54, 1.807) is 16.2 Å². The van der Waals surface area contributed by atoms with Crippen LogP contribution in [-0.4, -0.2) is 32.4 Å². The first-order valence-corrected chi connectivity index (χ1v) is 6.65. The number of hydrogen-bond acceptors (Lipinski definition) is 4. The molecule has 2 heterocycles. The van der Waals surface area contributed by atoms with E-state index in [0.29, 0.717) is 5.82 Å². The zero-order chi connectivity index (χ0) is 14.2. The van der Waals surface area contributed by atoms with Crippen molar-refractivity contribution in [1.82, 2.24) is 19.3 Å². The summed E-state index contributed by atoms with van der Waals surface area (Å²) < 4.78 is 8.32. The fraction of sp³-hybridized carbons (Fsp3) is 0.583. The molecule has 2 rings (SSSR count). The van der Waals surface area contributed by atoms with Crippen LogP contribution < -0.4 is 0 Å². The molecule has 0 aliphatic heterocycles. The van der Waals surface area contributed by atoms with Gasteiger partial charge >= 0.3 is 5.97 Å². The number of esters is 1. The molecule has 0 saturated carbocycles. The number of alkyl halides is 1. The Morgan fingerprint density at radius 1 is 1.53 bits per heavy atom. The monoisotopic (exact) mass is 284 g/mol. The molecule has 0 aromatic carbocycles. The number of rotatable bonds is 4. The molecule has 0 fully saturated rings. The molecule has 0 bridgehead atoms. The zero-order valence-electron chi connectivity index (χ0n) is 11.5. The van der Waals surface area contributed by atoms with Gasteiger partial charge in [-0.2, -0.15) is 5.10 Å². The van der Waals surface area contributed by atoms with Crippen LogP contribution in [0.5, 0.6) is 0 Å². The minimum atomic E-state index is -0.483. The molecule has 6 nitrogen and oxygen atoms in total. The van der Waals surface area contributed by atoms with Gasteiger partial charge in [-0.15, -0.1) is 11.6 Å². The molecule has 2 aromatic heterocycles. The SMILES string of the molecule is CCc1nn(C)c2c1nc(CCl)n2C(C)C(=O)OC. The van der Waals surface area contributed by atoms with Crippen LogP contribution in [0.4, 0.5) is 0 Å². The van der Waals surface area contributed by atoms with E-state index in [1.807, 2.05) is 14.0 Å². The summed E-state index contributed by atoms with van der Waals surface area (Å²) in [7, 11) is 3.20. The van der Waals surface area contributed by atoms with E-state index < -0.39 is 6.04 Å². The first-order chi connectivity index (χ1) is 9.04. The lowest BCUT2D eigenvalue weighted by Gasteiger charge is -2.14. The van der Waals surface area contributed by atoms with Crippen molar-refractivity contribution in [3.8, 4) is 0 Å². The molecule has 0 aliphatic carbocycles. The van der Waals surface area contributed by atoms with E-state index in [1.165, 1.54) is 7.11 Å². The normalized spacial score (nSPS) is 12.9. The maximum Gasteiger partial charge on any atom is 0.328 e. The summed E-state index contributed by atoms with van der Waals surface area (Å²) in [5, 5.41) is 4.41. The molecule has 0 aliphatic rings. The second kappa shape index (κ2) is 5.21. The molecule has 0 N–H and O–H groups in total. The number of ether oxygens (including phenoxy) is 1. The van der Waals surface area contributed by atoms with Crippen molar-refractivity contribution >= 4 is 28.7 Å². The lowest BCUT2D eigenvalue weighted by Crippen LogP contribution is -2.20. The predicted molar refractivity (Wildman–Crippen MR) is 72.2 cm³/mol. The first-order valence-electron chi connectivity index (χ1n) is 6.11. The number of carbonyl (C=O) groups excluding carboxylic acids is 1. The third-order valence-corrected chi connectivity index (χ3v) is 3.43. The molecule has 0 spiro atoms. The van der Waals surface area contributed by atoms with Gasteiger partial charge in [-0.1, -0.05) is 6.92 Å². The molecular weight excluding hydrogens is 268 g/mol. The molecule has 2 aromatic rings. The first kappa shape index (κ1) is 13.9. The van der Waals surface area contributed by atoms with Crippen molar-refractivity contribution in [1.29, 1.82) is 0 Å². The van der Waals surface area contributed by atoms with E-state index in [9.17, 15) is 4.79 Å². The van der Waals surface area contributed by atoms with E-state index in [0.717, 1.165) is 23.3 Å². The maximum absolute atomic E-state index is 11.8. The van der Waals surface area contributed by atoms with Crippen LogP contribution in [0.25, 0.3) is 11.2 Å². The van der Waals surface area contributed by atoms with Crippen molar-refractivity contribution in [3.63, 3.8) is 0 Å².